The van der Waals surface area contributed by atoms with E-state index in [1.807, 2.05) is 24.3 Å². The number of carbonyl (C=O) groups excluding carboxylic acids is 1. The van der Waals surface area contributed by atoms with Gasteiger partial charge in [0.1, 0.15) is 0 Å². The third kappa shape index (κ3) is 4.93. The first kappa shape index (κ1) is 20.4. The summed E-state index contributed by atoms with van der Waals surface area (Å²) >= 11 is 3.57. The molecule has 0 spiro atoms. The third-order valence-electron chi connectivity index (χ3n) is 5.18. The summed E-state index contributed by atoms with van der Waals surface area (Å²) in [6.07, 6.45) is 2.38. The number of nitrogens with one attached hydrogen (secondary N) is 2. The molecule has 5 nitrogen and oxygen atoms in total. The number of halogens is 1. The number of amides is 1. The summed E-state index contributed by atoms with van der Waals surface area (Å²) in [5, 5.41) is 6.82. The van der Waals surface area contributed by atoms with E-state index in [-0.39, 0.29) is 11.3 Å². The van der Waals surface area contributed by atoms with Gasteiger partial charge >= 0.3 is 0 Å². The second-order valence-electron chi connectivity index (χ2n) is 7.47. The molecule has 0 aliphatic heterocycles. The van der Waals surface area contributed by atoms with E-state index in [0.717, 1.165) is 22.5 Å². The molecule has 3 rings (SSSR count). The Morgan fingerprint density at radius 1 is 1.14 bits per heavy atom. The average Bonchev–Trinajstić information content (AvgIpc) is 3.49. The van der Waals surface area contributed by atoms with Gasteiger partial charge in [0.25, 0.3) is 5.91 Å². The van der Waals surface area contributed by atoms with Crippen LogP contribution in [0.1, 0.15) is 34.3 Å². The summed E-state index contributed by atoms with van der Waals surface area (Å²) in [7, 11) is 5.30. The molecule has 2 aromatic rings. The molecule has 1 amide bonds. The Labute approximate surface area is 175 Å². The smallest absolute Gasteiger partial charge is 0.253 e. The van der Waals surface area contributed by atoms with Gasteiger partial charge in [-0.25, -0.2) is 0 Å². The Bertz CT molecular complexity index is 857. The summed E-state index contributed by atoms with van der Waals surface area (Å²) in [5.74, 6) is 0.800. The van der Waals surface area contributed by atoms with Crippen molar-refractivity contribution in [3.05, 3.63) is 69.7 Å². The lowest BCUT2D eigenvalue weighted by Gasteiger charge is -2.19. The molecule has 2 N–H and O–H groups in total. The van der Waals surface area contributed by atoms with Gasteiger partial charge in [0, 0.05) is 49.7 Å². The average molecular weight is 443 g/mol. The first-order valence-corrected chi connectivity index (χ1v) is 10.2. The highest BCUT2D eigenvalue weighted by Crippen LogP contribution is 2.48. The number of guanidine groups is 1. The highest BCUT2D eigenvalue weighted by Gasteiger charge is 2.44. The topological polar surface area (TPSA) is 56.7 Å². The number of nitrogens with zero attached hydrogens (tertiary/aromatic N) is 2. The van der Waals surface area contributed by atoms with Crippen molar-refractivity contribution in [2.24, 2.45) is 4.99 Å². The molecule has 1 aliphatic rings. The van der Waals surface area contributed by atoms with Gasteiger partial charge in [0.2, 0.25) is 0 Å². The Morgan fingerprint density at radius 3 is 2.43 bits per heavy atom. The summed E-state index contributed by atoms with van der Waals surface area (Å²) < 4.78 is 1.12. The number of hydrogen-bond donors (Lipinski definition) is 2. The molecule has 0 saturated heterocycles. The third-order valence-corrected chi connectivity index (χ3v) is 5.67. The van der Waals surface area contributed by atoms with Crippen LogP contribution in [0.3, 0.4) is 0 Å². The molecule has 148 valence electrons. The number of aliphatic imine (C=N–C) groups is 1. The molecule has 0 heterocycles. The SMILES string of the molecule is CN=C(NCc1ccc(C(=O)N(C)C)cc1)NCC1(c2cccc(Br)c2)CC1. The van der Waals surface area contributed by atoms with Gasteiger partial charge in [-0.3, -0.25) is 9.79 Å². The first-order chi connectivity index (χ1) is 13.4. The van der Waals surface area contributed by atoms with Crippen LogP contribution in [0.25, 0.3) is 0 Å². The van der Waals surface area contributed by atoms with Crippen LogP contribution >= 0.6 is 15.9 Å². The van der Waals surface area contributed by atoms with Gasteiger partial charge in [0.05, 0.1) is 0 Å². The van der Waals surface area contributed by atoms with Gasteiger partial charge in [0.15, 0.2) is 5.96 Å². The summed E-state index contributed by atoms with van der Waals surface area (Å²) in [5.41, 5.74) is 3.37. The fourth-order valence-electron chi connectivity index (χ4n) is 3.22. The predicted molar refractivity (Wildman–Crippen MR) is 118 cm³/mol. The van der Waals surface area contributed by atoms with Crippen LogP contribution in [0.5, 0.6) is 0 Å². The first-order valence-electron chi connectivity index (χ1n) is 9.45. The van der Waals surface area contributed by atoms with Crippen LogP contribution in [-0.4, -0.2) is 44.5 Å². The van der Waals surface area contributed by atoms with Crippen LogP contribution < -0.4 is 10.6 Å². The van der Waals surface area contributed by atoms with Crippen molar-refractivity contribution < 1.29 is 4.79 Å². The van der Waals surface area contributed by atoms with E-state index in [2.05, 4.69) is 55.8 Å². The van der Waals surface area contributed by atoms with Crippen molar-refractivity contribution >= 4 is 27.8 Å². The highest BCUT2D eigenvalue weighted by atomic mass is 79.9. The fraction of sp³-hybridized carbons (Fsp3) is 0.364. The van der Waals surface area contributed by atoms with Crippen LogP contribution in [0.4, 0.5) is 0 Å². The minimum absolute atomic E-state index is 0.0132. The van der Waals surface area contributed by atoms with Crippen LogP contribution in [0.15, 0.2) is 58.0 Å². The Morgan fingerprint density at radius 2 is 1.86 bits per heavy atom. The molecule has 0 unspecified atom stereocenters. The summed E-state index contributed by atoms with van der Waals surface area (Å²) in [4.78, 5) is 17.9. The Kier molecular flexibility index (Phi) is 6.39. The number of benzene rings is 2. The molecule has 1 aliphatic carbocycles. The van der Waals surface area contributed by atoms with Crippen molar-refractivity contribution in [1.29, 1.82) is 0 Å². The number of carbonyl (C=O) groups is 1. The minimum atomic E-state index is 0.0132. The van der Waals surface area contributed by atoms with E-state index in [1.54, 1.807) is 26.0 Å². The Balaban J connectivity index is 1.53. The maximum absolute atomic E-state index is 12.0. The van der Waals surface area contributed by atoms with Crippen molar-refractivity contribution in [2.75, 3.05) is 27.7 Å². The molecular formula is C22H27BrN4O. The monoisotopic (exact) mass is 442 g/mol. The second-order valence-corrected chi connectivity index (χ2v) is 8.38. The van der Waals surface area contributed by atoms with Gasteiger partial charge in [-0.1, -0.05) is 40.2 Å². The van der Waals surface area contributed by atoms with E-state index in [1.165, 1.54) is 18.4 Å². The lowest BCUT2D eigenvalue weighted by Crippen LogP contribution is -2.40. The molecule has 0 radical (unpaired) electrons. The predicted octanol–water partition coefficient (Wildman–Crippen LogP) is 3.55. The quantitative estimate of drug-likeness (QED) is 0.531. The zero-order valence-corrected chi connectivity index (χ0v) is 18.2. The van der Waals surface area contributed by atoms with Crippen LogP contribution in [-0.2, 0) is 12.0 Å². The molecule has 6 heteroatoms. The van der Waals surface area contributed by atoms with Crippen molar-refractivity contribution in [2.45, 2.75) is 24.8 Å². The van der Waals surface area contributed by atoms with Crippen molar-refractivity contribution in [1.82, 2.24) is 15.5 Å². The van der Waals surface area contributed by atoms with Gasteiger partial charge in [-0.15, -0.1) is 0 Å². The number of hydrogen-bond acceptors (Lipinski definition) is 2. The summed E-state index contributed by atoms with van der Waals surface area (Å²) in [6, 6.07) is 16.2. The largest absolute Gasteiger partial charge is 0.356 e. The van der Waals surface area contributed by atoms with E-state index < -0.39 is 0 Å². The van der Waals surface area contributed by atoms with Gasteiger partial charge in [-0.2, -0.15) is 0 Å². The van der Waals surface area contributed by atoms with E-state index in [9.17, 15) is 4.79 Å². The summed E-state index contributed by atoms with van der Waals surface area (Å²) in [6.45, 7) is 1.51. The normalized spacial score (nSPS) is 15.1. The van der Waals surface area contributed by atoms with Crippen LogP contribution in [0, 0.1) is 0 Å². The highest BCUT2D eigenvalue weighted by molar-refractivity contribution is 9.10. The minimum Gasteiger partial charge on any atom is -0.356 e. The van der Waals surface area contributed by atoms with Crippen LogP contribution in [0.2, 0.25) is 0 Å². The molecular weight excluding hydrogens is 416 g/mol. The maximum Gasteiger partial charge on any atom is 0.253 e. The molecule has 1 fully saturated rings. The number of rotatable bonds is 6. The van der Waals surface area contributed by atoms with E-state index in [4.69, 9.17) is 0 Å². The Hall–Kier alpha value is -2.34. The molecule has 0 atom stereocenters. The van der Waals surface area contributed by atoms with Gasteiger partial charge in [-0.05, 0) is 48.2 Å². The molecule has 1 saturated carbocycles. The zero-order chi connectivity index (χ0) is 20.1. The molecule has 28 heavy (non-hydrogen) atoms. The van der Waals surface area contributed by atoms with Crippen molar-refractivity contribution in [3.8, 4) is 0 Å². The molecule has 0 aromatic heterocycles. The fourth-order valence-corrected chi connectivity index (χ4v) is 3.62. The lowest BCUT2D eigenvalue weighted by molar-refractivity contribution is 0.0827. The molecule has 0 bridgehead atoms. The van der Waals surface area contributed by atoms with Crippen molar-refractivity contribution in [3.63, 3.8) is 0 Å². The zero-order valence-electron chi connectivity index (χ0n) is 16.6. The van der Waals surface area contributed by atoms with E-state index >= 15 is 0 Å². The second kappa shape index (κ2) is 8.78. The van der Waals surface area contributed by atoms with E-state index in [0.29, 0.717) is 12.1 Å². The maximum atomic E-state index is 12.0. The standard InChI is InChI=1S/C22H27BrN4O/c1-24-21(25-14-16-7-9-17(10-8-16)20(28)27(2)3)26-15-22(11-12-22)18-5-4-6-19(23)13-18/h4-10,13H,11-12,14-15H2,1-3H3,(H2,24,25,26). The lowest BCUT2D eigenvalue weighted by atomic mass is 9.96. The van der Waals surface area contributed by atoms with Gasteiger partial charge < -0.3 is 15.5 Å². The molecule has 2 aromatic carbocycles.